The van der Waals surface area contributed by atoms with E-state index >= 15 is 0 Å². The molecular formula is C36H75FeNaO9S3. The van der Waals surface area contributed by atoms with Gasteiger partial charge in [0.05, 0.1) is 30.4 Å². The van der Waals surface area contributed by atoms with E-state index in [-0.39, 0.29) is 63.9 Å². The van der Waals surface area contributed by atoms with Gasteiger partial charge in [0.25, 0.3) is 0 Å². The smallest absolute Gasteiger partial charge is 0.748 e. The Morgan fingerprint density at radius 3 is 0.520 bits per heavy atom. The maximum atomic E-state index is 10.3. The summed E-state index contributed by atoms with van der Waals surface area (Å²) in [5, 5.41) is 0. The monoisotopic (exact) mass is 826 g/mol. The predicted octanol–water partition coefficient (Wildman–Crippen LogP) is 7.36. The van der Waals surface area contributed by atoms with Crippen LogP contribution in [0.5, 0.6) is 0 Å². The summed E-state index contributed by atoms with van der Waals surface area (Å²) < 4.78 is 92.8. The van der Waals surface area contributed by atoms with Gasteiger partial charge in [-0.15, -0.1) is 0 Å². The quantitative estimate of drug-likeness (QED) is 0.0373. The fourth-order valence-electron chi connectivity index (χ4n) is 5.30. The molecule has 14 heteroatoms. The maximum Gasteiger partial charge on any atom is 2.00 e. The molecule has 9 nitrogen and oxygen atoms in total. The van der Waals surface area contributed by atoms with E-state index in [1.54, 1.807) is 0 Å². The average molecular weight is 827 g/mol. The minimum atomic E-state index is -3.98. The third-order valence-electron chi connectivity index (χ3n) is 8.24. The number of hydrogen-bond acceptors (Lipinski definition) is 9. The summed E-state index contributed by atoms with van der Waals surface area (Å²) in [6.07, 6.45) is 34.3. The number of unbranched alkanes of at least 4 members (excludes halogenated alkanes) is 27. The van der Waals surface area contributed by atoms with Gasteiger partial charge in [0.2, 0.25) is 0 Å². The first kappa shape index (κ1) is 60.5. The molecule has 0 unspecified atom stereocenters. The van der Waals surface area contributed by atoms with Crippen LogP contribution in [-0.4, -0.2) is 56.2 Å². The van der Waals surface area contributed by atoms with E-state index in [9.17, 15) is 38.9 Å². The van der Waals surface area contributed by atoms with E-state index in [1.807, 2.05) is 0 Å². The van der Waals surface area contributed by atoms with Crippen LogP contribution in [0.3, 0.4) is 0 Å². The number of rotatable bonds is 33. The van der Waals surface area contributed by atoms with Crippen molar-refractivity contribution in [2.24, 2.45) is 0 Å². The van der Waals surface area contributed by atoms with Crippen LogP contribution in [0.2, 0.25) is 0 Å². The molecule has 300 valence electrons. The summed E-state index contributed by atoms with van der Waals surface area (Å²) in [5.41, 5.74) is 0. The largest absolute Gasteiger partial charge is 2.00 e. The minimum Gasteiger partial charge on any atom is -0.748 e. The molecule has 0 amide bonds. The molecule has 0 aromatic carbocycles. The standard InChI is InChI=1S/3C12H26O3S.Fe.Na/c3*1-2-3-4-5-6-7-8-9-10-11-12-16(13,14)15;;/h3*2-12H2,1H3,(H,13,14,15);;/q;;;+2;+1/p-3. The third kappa shape index (κ3) is 70.8. The van der Waals surface area contributed by atoms with Crippen LogP contribution in [0.4, 0.5) is 0 Å². The van der Waals surface area contributed by atoms with Crippen LogP contribution >= 0.6 is 0 Å². The van der Waals surface area contributed by atoms with E-state index in [4.69, 9.17) is 0 Å². The zero-order valence-corrected chi connectivity index (χ0v) is 38.1. The molecule has 0 aliphatic rings. The van der Waals surface area contributed by atoms with Crippen LogP contribution in [0.25, 0.3) is 0 Å². The average Bonchev–Trinajstić information content (AvgIpc) is 2.99. The first-order chi connectivity index (χ1) is 22.7. The second kappa shape index (κ2) is 44.6. The second-order valence-electron chi connectivity index (χ2n) is 13.3. The normalized spacial score (nSPS) is 11.4. The van der Waals surface area contributed by atoms with Gasteiger partial charge in [-0.1, -0.05) is 194 Å². The van der Waals surface area contributed by atoms with E-state index in [0.717, 1.165) is 38.5 Å². The Labute approximate surface area is 343 Å². The Bertz CT molecular complexity index is 842. The van der Waals surface area contributed by atoms with Gasteiger partial charge < -0.3 is 13.7 Å². The molecule has 50 heavy (non-hydrogen) atoms. The third-order valence-corrected chi connectivity index (χ3v) is 10.6. The van der Waals surface area contributed by atoms with E-state index in [2.05, 4.69) is 20.8 Å². The van der Waals surface area contributed by atoms with Crippen LogP contribution in [-0.2, 0) is 47.4 Å². The first-order valence-corrected chi connectivity index (χ1v) is 24.2. The Morgan fingerprint density at radius 1 is 0.280 bits per heavy atom. The molecule has 0 aromatic heterocycles. The second-order valence-corrected chi connectivity index (χ2v) is 17.9. The van der Waals surface area contributed by atoms with Crippen molar-refractivity contribution in [1.29, 1.82) is 0 Å². The van der Waals surface area contributed by atoms with Gasteiger partial charge in [0.15, 0.2) is 0 Å². The molecule has 0 radical (unpaired) electrons. The van der Waals surface area contributed by atoms with Crippen molar-refractivity contribution in [1.82, 2.24) is 0 Å². The molecule has 0 bridgehead atoms. The molecule has 0 saturated heterocycles. The Balaban J connectivity index is -0.000000199. The van der Waals surface area contributed by atoms with Gasteiger partial charge in [-0.05, 0) is 19.3 Å². The Hall–Kier alpha value is 1.25. The van der Waals surface area contributed by atoms with Crippen molar-refractivity contribution in [3.63, 3.8) is 0 Å². The Morgan fingerprint density at radius 2 is 0.400 bits per heavy atom. The summed E-state index contributed by atoms with van der Waals surface area (Å²) >= 11 is 0. The summed E-state index contributed by atoms with van der Waals surface area (Å²) in [5.74, 6) is -0.573. The van der Waals surface area contributed by atoms with Crippen LogP contribution in [0.1, 0.15) is 213 Å². The number of hydrogen-bond donors (Lipinski definition) is 0. The van der Waals surface area contributed by atoms with E-state index in [1.165, 1.54) is 135 Å². The maximum absolute atomic E-state index is 10.3. The fraction of sp³-hybridized carbons (Fsp3) is 1.00. The van der Waals surface area contributed by atoms with Gasteiger partial charge in [0.1, 0.15) is 0 Å². The van der Waals surface area contributed by atoms with E-state index < -0.39 is 30.4 Å². The first-order valence-electron chi connectivity index (χ1n) is 19.5. The van der Waals surface area contributed by atoms with Gasteiger partial charge in [-0.2, -0.15) is 0 Å². The van der Waals surface area contributed by atoms with Crippen molar-refractivity contribution < 1.29 is 85.5 Å². The zero-order chi connectivity index (χ0) is 36.8. The van der Waals surface area contributed by atoms with Crippen molar-refractivity contribution in [3.05, 3.63) is 0 Å². The molecule has 0 saturated carbocycles. The minimum absolute atomic E-state index is 0. The summed E-state index contributed by atoms with van der Waals surface area (Å²) in [6, 6.07) is 0. The summed E-state index contributed by atoms with van der Waals surface area (Å²) in [6.45, 7) is 6.64. The molecule has 0 heterocycles. The molecule has 0 aliphatic heterocycles. The summed E-state index contributed by atoms with van der Waals surface area (Å²) in [4.78, 5) is 0. The van der Waals surface area contributed by atoms with Gasteiger partial charge >= 0.3 is 46.6 Å². The van der Waals surface area contributed by atoms with Crippen LogP contribution in [0, 0.1) is 0 Å². The molecule has 0 spiro atoms. The van der Waals surface area contributed by atoms with Crippen LogP contribution < -0.4 is 29.6 Å². The summed E-state index contributed by atoms with van der Waals surface area (Å²) in [7, 11) is -11.9. The predicted molar refractivity (Wildman–Crippen MR) is 199 cm³/mol. The van der Waals surface area contributed by atoms with Crippen molar-refractivity contribution in [2.75, 3.05) is 17.3 Å². The van der Waals surface area contributed by atoms with Gasteiger partial charge in [-0.3, -0.25) is 0 Å². The SMILES string of the molecule is CCCCCCCCCCCCS(=O)(=O)[O-].CCCCCCCCCCCCS(=O)(=O)[O-].CCCCCCCCCCCCS(=O)(=O)[O-].[Fe+2].[Na+]. The molecule has 0 N–H and O–H groups in total. The molecular weight excluding hydrogens is 751 g/mol. The molecule has 0 fully saturated rings. The van der Waals surface area contributed by atoms with Gasteiger partial charge in [-0.25, -0.2) is 25.3 Å². The van der Waals surface area contributed by atoms with Crippen LogP contribution in [0.15, 0.2) is 0 Å². The topological polar surface area (TPSA) is 172 Å². The molecule has 0 atom stereocenters. The molecule has 0 aromatic rings. The fourth-order valence-corrected chi connectivity index (χ4v) is 6.97. The zero-order valence-electron chi connectivity index (χ0n) is 32.6. The van der Waals surface area contributed by atoms with Crippen molar-refractivity contribution >= 4 is 30.4 Å². The van der Waals surface area contributed by atoms with Crippen molar-refractivity contribution in [2.45, 2.75) is 213 Å². The van der Waals surface area contributed by atoms with Gasteiger partial charge in [0, 0.05) is 17.3 Å². The van der Waals surface area contributed by atoms with E-state index in [0.29, 0.717) is 19.3 Å². The molecule has 0 aliphatic carbocycles. The molecule has 0 rings (SSSR count). The Kier molecular flexibility index (Phi) is 54.0. The van der Waals surface area contributed by atoms with Crippen molar-refractivity contribution in [3.8, 4) is 0 Å².